The molecule has 1 saturated heterocycles. The first kappa shape index (κ1) is 15.3. The highest BCUT2D eigenvalue weighted by Crippen LogP contribution is 2.23. The number of anilines is 1. The third kappa shape index (κ3) is 3.97. The van der Waals surface area contributed by atoms with Gasteiger partial charge in [-0.2, -0.15) is 0 Å². The van der Waals surface area contributed by atoms with E-state index in [1.165, 1.54) is 36.4 Å². The normalized spacial score (nSPS) is 16.9. The summed E-state index contributed by atoms with van der Waals surface area (Å²) < 4.78 is 0. The van der Waals surface area contributed by atoms with Gasteiger partial charge in [0, 0.05) is 45.0 Å². The number of benzene rings is 1. The van der Waals surface area contributed by atoms with Crippen molar-refractivity contribution in [3.05, 3.63) is 29.3 Å². The van der Waals surface area contributed by atoms with E-state index in [-0.39, 0.29) is 0 Å². The zero-order valence-electron chi connectivity index (χ0n) is 13.4. The molecule has 112 valence electrons. The second kappa shape index (κ2) is 7.09. The van der Waals surface area contributed by atoms with Crippen LogP contribution >= 0.6 is 0 Å². The Bertz CT molecular complexity index is 420. The van der Waals surface area contributed by atoms with E-state index in [0.717, 1.165) is 25.6 Å². The van der Waals surface area contributed by atoms with Crippen molar-refractivity contribution in [3.63, 3.8) is 0 Å². The quantitative estimate of drug-likeness (QED) is 0.891. The van der Waals surface area contributed by atoms with Gasteiger partial charge in [-0.1, -0.05) is 31.5 Å². The van der Waals surface area contributed by atoms with Crippen LogP contribution in [0.25, 0.3) is 0 Å². The molecule has 0 saturated carbocycles. The number of piperazine rings is 1. The minimum atomic E-state index is 0.765. The van der Waals surface area contributed by atoms with E-state index in [9.17, 15) is 0 Å². The van der Waals surface area contributed by atoms with Crippen molar-refractivity contribution in [2.45, 2.75) is 27.3 Å². The van der Waals surface area contributed by atoms with Crippen LogP contribution in [0.1, 0.15) is 25.0 Å². The van der Waals surface area contributed by atoms with Gasteiger partial charge in [-0.05, 0) is 31.5 Å². The molecule has 20 heavy (non-hydrogen) atoms. The average Bonchev–Trinajstić information content (AvgIpc) is 2.40. The van der Waals surface area contributed by atoms with Crippen LogP contribution in [-0.2, 0) is 6.54 Å². The minimum absolute atomic E-state index is 0.765. The van der Waals surface area contributed by atoms with Gasteiger partial charge in [0.25, 0.3) is 0 Å². The summed E-state index contributed by atoms with van der Waals surface area (Å²) in [5.74, 6) is 0.765. The van der Waals surface area contributed by atoms with Crippen molar-refractivity contribution in [2.24, 2.45) is 5.92 Å². The molecule has 0 unspecified atom stereocenters. The molecule has 0 aliphatic carbocycles. The highest BCUT2D eigenvalue weighted by Gasteiger charge is 2.19. The van der Waals surface area contributed by atoms with Gasteiger partial charge in [-0.15, -0.1) is 0 Å². The molecular weight excluding hydrogens is 246 g/mol. The molecule has 1 aliphatic heterocycles. The van der Waals surface area contributed by atoms with Crippen LogP contribution in [-0.4, -0.2) is 44.7 Å². The van der Waals surface area contributed by atoms with Crippen molar-refractivity contribution in [1.82, 2.24) is 10.2 Å². The maximum Gasteiger partial charge on any atom is 0.0412 e. The Morgan fingerprint density at radius 3 is 2.45 bits per heavy atom. The zero-order chi connectivity index (χ0) is 14.5. The highest BCUT2D eigenvalue weighted by atomic mass is 15.3. The monoisotopic (exact) mass is 275 g/mol. The van der Waals surface area contributed by atoms with Crippen molar-refractivity contribution >= 4 is 5.69 Å². The van der Waals surface area contributed by atoms with Gasteiger partial charge in [0.2, 0.25) is 0 Å². The molecule has 1 fully saturated rings. The van der Waals surface area contributed by atoms with E-state index in [0.29, 0.717) is 0 Å². The van der Waals surface area contributed by atoms with Gasteiger partial charge < -0.3 is 10.2 Å². The topological polar surface area (TPSA) is 18.5 Å². The molecule has 1 heterocycles. The Hall–Kier alpha value is -1.06. The van der Waals surface area contributed by atoms with Crippen LogP contribution < -0.4 is 10.2 Å². The lowest BCUT2D eigenvalue weighted by atomic mass is 10.1. The molecule has 2 rings (SSSR count). The van der Waals surface area contributed by atoms with E-state index in [2.05, 4.69) is 54.1 Å². The Balaban J connectivity index is 2.03. The Kier molecular flexibility index (Phi) is 5.44. The van der Waals surface area contributed by atoms with Crippen molar-refractivity contribution in [3.8, 4) is 0 Å². The van der Waals surface area contributed by atoms with Gasteiger partial charge in [-0.3, -0.25) is 4.90 Å². The molecule has 0 atom stereocenters. The van der Waals surface area contributed by atoms with E-state index in [4.69, 9.17) is 0 Å². The first-order valence-electron chi connectivity index (χ1n) is 7.81. The Labute approximate surface area is 124 Å². The predicted molar refractivity (Wildman–Crippen MR) is 87.4 cm³/mol. The lowest BCUT2D eigenvalue weighted by Gasteiger charge is -2.37. The van der Waals surface area contributed by atoms with E-state index in [1.807, 2.05) is 7.05 Å². The summed E-state index contributed by atoms with van der Waals surface area (Å²) in [5, 5.41) is 3.29. The van der Waals surface area contributed by atoms with Crippen LogP contribution in [0.15, 0.2) is 18.2 Å². The second-order valence-electron chi connectivity index (χ2n) is 6.34. The lowest BCUT2D eigenvalue weighted by molar-refractivity contribution is 0.231. The second-order valence-corrected chi connectivity index (χ2v) is 6.34. The molecule has 1 N–H and O–H groups in total. The number of hydrogen-bond donors (Lipinski definition) is 1. The maximum absolute atomic E-state index is 3.29. The summed E-state index contributed by atoms with van der Waals surface area (Å²) in [7, 11) is 2.02. The SMILES string of the molecule is CNCc1cc(C)ccc1N1CCN(CC(C)C)CC1. The number of rotatable bonds is 5. The first-order chi connectivity index (χ1) is 9.60. The van der Waals surface area contributed by atoms with Crippen molar-refractivity contribution in [1.29, 1.82) is 0 Å². The highest BCUT2D eigenvalue weighted by molar-refractivity contribution is 5.55. The third-order valence-corrected chi connectivity index (χ3v) is 3.94. The molecule has 0 bridgehead atoms. The fourth-order valence-corrected chi connectivity index (χ4v) is 3.04. The lowest BCUT2D eigenvalue weighted by Crippen LogP contribution is -2.47. The number of nitrogens with zero attached hydrogens (tertiary/aromatic N) is 2. The number of aryl methyl sites for hydroxylation is 1. The first-order valence-corrected chi connectivity index (χ1v) is 7.81. The van der Waals surface area contributed by atoms with Gasteiger partial charge in [0.15, 0.2) is 0 Å². The summed E-state index contributed by atoms with van der Waals surface area (Å²) >= 11 is 0. The molecule has 1 aromatic carbocycles. The van der Waals surface area contributed by atoms with Crippen LogP contribution in [0.5, 0.6) is 0 Å². The standard InChI is InChI=1S/C17H29N3/c1-14(2)13-19-7-9-20(10-8-19)17-6-5-15(3)11-16(17)12-18-4/h5-6,11,14,18H,7-10,12-13H2,1-4H3. The van der Waals surface area contributed by atoms with Gasteiger partial charge >= 0.3 is 0 Å². The fraction of sp³-hybridized carbons (Fsp3) is 0.647. The van der Waals surface area contributed by atoms with Gasteiger partial charge in [-0.25, -0.2) is 0 Å². The summed E-state index contributed by atoms with van der Waals surface area (Å²) in [4.78, 5) is 5.13. The minimum Gasteiger partial charge on any atom is -0.369 e. The zero-order valence-corrected chi connectivity index (χ0v) is 13.4. The molecule has 0 amide bonds. The van der Waals surface area contributed by atoms with Gasteiger partial charge in [0.1, 0.15) is 0 Å². The largest absolute Gasteiger partial charge is 0.369 e. The molecular formula is C17H29N3. The molecule has 1 aliphatic rings. The average molecular weight is 275 g/mol. The van der Waals surface area contributed by atoms with Crippen molar-refractivity contribution < 1.29 is 0 Å². The van der Waals surface area contributed by atoms with E-state index in [1.54, 1.807) is 0 Å². The number of nitrogens with one attached hydrogen (secondary N) is 1. The maximum atomic E-state index is 3.29. The summed E-state index contributed by atoms with van der Waals surface area (Å²) in [6.07, 6.45) is 0. The molecule has 0 aromatic heterocycles. The molecule has 3 heteroatoms. The van der Waals surface area contributed by atoms with Gasteiger partial charge in [0.05, 0.1) is 0 Å². The summed E-state index contributed by atoms with van der Waals surface area (Å²) in [6, 6.07) is 6.83. The third-order valence-electron chi connectivity index (χ3n) is 3.94. The fourth-order valence-electron chi connectivity index (χ4n) is 3.04. The smallest absolute Gasteiger partial charge is 0.0412 e. The summed E-state index contributed by atoms with van der Waals surface area (Å²) in [5.41, 5.74) is 4.18. The number of hydrogen-bond acceptors (Lipinski definition) is 3. The summed E-state index contributed by atoms with van der Waals surface area (Å²) in [6.45, 7) is 13.6. The van der Waals surface area contributed by atoms with Crippen molar-refractivity contribution in [2.75, 3.05) is 44.7 Å². The van der Waals surface area contributed by atoms with Crippen LogP contribution in [0, 0.1) is 12.8 Å². The molecule has 0 radical (unpaired) electrons. The van der Waals surface area contributed by atoms with E-state index >= 15 is 0 Å². The van der Waals surface area contributed by atoms with Crippen LogP contribution in [0.2, 0.25) is 0 Å². The predicted octanol–water partition coefficient (Wildman–Crippen LogP) is 2.49. The molecule has 0 spiro atoms. The molecule has 1 aromatic rings. The Morgan fingerprint density at radius 1 is 1.15 bits per heavy atom. The van der Waals surface area contributed by atoms with Crippen LogP contribution in [0.3, 0.4) is 0 Å². The molecule has 3 nitrogen and oxygen atoms in total. The van der Waals surface area contributed by atoms with Crippen LogP contribution in [0.4, 0.5) is 5.69 Å². The van der Waals surface area contributed by atoms with E-state index < -0.39 is 0 Å². The Morgan fingerprint density at radius 2 is 1.85 bits per heavy atom.